The lowest BCUT2D eigenvalue weighted by Crippen LogP contribution is -2.61. The number of hydrogen-bond acceptors (Lipinski definition) is 8. The molecule has 2 rings (SSSR count). The van der Waals surface area contributed by atoms with Gasteiger partial charge in [-0.25, -0.2) is 4.79 Å². The van der Waals surface area contributed by atoms with Gasteiger partial charge in [0.15, 0.2) is 6.23 Å². The molecule has 0 spiro atoms. The van der Waals surface area contributed by atoms with Crippen molar-refractivity contribution in [2.24, 2.45) is 5.73 Å². The van der Waals surface area contributed by atoms with Gasteiger partial charge >= 0.3 is 5.69 Å². The Balaban J connectivity index is 2.35. The predicted molar refractivity (Wildman–Crippen MR) is 63.9 cm³/mol. The van der Waals surface area contributed by atoms with Crippen LogP contribution >= 0.6 is 0 Å². The number of aromatic nitrogens is 2. The molecule has 0 unspecified atom stereocenters. The molecule has 0 saturated carbocycles. The molecule has 7 N–H and O–H groups in total. The lowest BCUT2D eigenvalue weighted by Gasteiger charge is -2.41. The second-order valence-electron chi connectivity index (χ2n) is 4.35. The van der Waals surface area contributed by atoms with E-state index in [1.807, 2.05) is 0 Å². The Morgan fingerprint density at radius 1 is 1.42 bits per heavy atom. The normalized spacial score (nSPS) is 35.3. The Bertz CT molecular complexity index is 505. The van der Waals surface area contributed by atoms with Crippen molar-refractivity contribution in [1.82, 2.24) is 9.55 Å². The first kappa shape index (κ1) is 13.9. The smallest absolute Gasteiger partial charge is 0.351 e. The predicted octanol–water partition coefficient (Wildman–Crippen LogP) is -3.24. The summed E-state index contributed by atoms with van der Waals surface area (Å²) >= 11 is 0. The van der Waals surface area contributed by atoms with E-state index in [1.54, 1.807) is 0 Å². The first-order valence-electron chi connectivity index (χ1n) is 5.68. The van der Waals surface area contributed by atoms with Gasteiger partial charge in [0.1, 0.15) is 24.1 Å². The number of nitrogens with zero attached hydrogens (tertiary/aromatic N) is 2. The third kappa shape index (κ3) is 2.46. The van der Waals surface area contributed by atoms with E-state index in [2.05, 4.69) is 4.98 Å². The van der Waals surface area contributed by atoms with Crippen LogP contribution in [0.5, 0.6) is 0 Å². The average Bonchev–Trinajstić information content (AvgIpc) is 2.38. The van der Waals surface area contributed by atoms with Crippen molar-refractivity contribution in [2.45, 2.75) is 30.6 Å². The molecule has 0 bridgehead atoms. The van der Waals surface area contributed by atoms with Gasteiger partial charge in [-0.05, 0) is 6.07 Å². The number of aliphatic hydroxyl groups excluding tert-OH is 3. The summed E-state index contributed by atoms with van der Waals surface area (Å²) in [6.07, 6.45) is -3.54. The van der Waals surface area contributed by atoms with E-state index < -0.39 is 42.9 Å². The van der Waals surface area contributed by atoms with Crippen LogP contribution in [0.15, 0.2) is 17.1 Å². The van der Waals surface area contributed by atoms with E-state index in [4.69, 9.17) is 21.3 Å². The summed E-state index contributed by atoms with van der Waals surface area (Å²) in [5, 5.41) is 28.8. The highest BCUT2D eigenvalue weighted by molar-refractivity contribution is 5.23. The Kier molecular flexibility index (Phi) is 3.83. The van der Waals surface area contributed by atoms with Gasteiger partial charge < -0.3 is 31.5 Å². The zero-order valence-electron chi connectivity index (χ0n) is 9.96. The van der Waals surface area contributed by atoms with E-state index in [-0.39, 0.29) is 5.82 Å². The molecule has 0 amide bonds. The Morgan fingerprint density at radius 2 is 2.11 bits per heavy atom. The van der Waals surface area contributed by atoms with Crippen molar-refractivity contribution in [3.8, 4) is 0 Å². The van der Waals surface area contributed by atoms with E-state index in [0.717, 1.165) is 4.57 Å². The molecular formula is C10H16N4O5. The van der Waals surface area contributed by atoms with E-state index >= 15 is 0 Å². The standard InChI is InChI=1S/C10H16N4O5/c11-5-1-2-14(10(18)13-5)9-8(17)7(16)6(12)4(3-15)19-9/h1-2,4,6-9,15-17H,3,12H2,(H2,11,13,18)/t4-,6-,7+,8-,9-/m1/s1. The van der Waals surface area contributed by atoms with E-state index in [0.29, 0.717) is 0 Å². The van der Waals surface area contributed by atoms with Gasteiger partial charge in [0.05, 0.1) is 12.6 Å². The van der Waals surface area contributed by atoms with Gasteiger partial charge in [-0.3, -0.25) is 4.57 Å². The van der Waals surface area contributed by atoms with Gasteiger partial charge in [-0.1, -0.05) is 0 Å². The molecule has 0 aliphatic carbocycles. The second kappa shape index (κ2) is 5.23. The van der Waals surface area contributed by atoms with Crippen molar-refractivity contribution >= 4 is 5.82 Å². The fourth-order valence-electron chi connectivity index (χ4n) is 1.98. The Morgan fingerprint density at radius 3 is 2.68 bits per heavy atom. The molecule has 0 aromatic carbocycles. The van der Waals surface area contributed by atoms with E-state index in [9.17, 15) is 15.0 Å². The molecule has 19 heavy (non-hydrogen) atoms. The largest absolute Gasteiger partial charge is 0.394 e. The fraction of sp³-hybridized carbons (Fsp3) is 0.600. The first-order valence-corrected chi connectivity index (χ1v) is 5.68. The minimum Gasteiger partial charge on any atom is -0.394 e. The maximum absolute atomic E-state index is 11.7. The quantitative estimate of drug-likeness (QED) is 0.376. The monoisotopic (exact) mass is 272 g/mol. The van der Waals surface area contributed by atoms with Gasteiger partial charge in [0.2, 0.25) is 0 Å². The molecule has 106 valence electrons. The van der Waals surface area contributed by atoms with Crippen molar-refractivity contribution in [2.75, 3.05) is 12.3 Å². The molecule has 1 saturated heterocycles. The molecular weight excluding hydrogens is 256 g/mol. The second-order valence-corrected chi connectivity index (χ2v) is 4.35. The van der Waals surface area contributed by atoms with Crippen LogP contribution in [0.3, 0.4) is 0 Å². The molecule has 1 aromatic heterocycles. The van der Waals surface area contributed by atoms with Crippen molar-refractivity contribution in [3.05, 3.63) is 22.7 Å². The number of rotatable bonds is 2. The zero-order chi connectivity index (χ0) is 14.2. The first-order chi connectivity index (χ1) is 8.95. The SMILES string of the molecule is Nc1ccn([C@@H]2O[C@H](CO)[C@@H](N)[C@H](O)[C@H]2O)c(=O)n1. The highest BCUT2D eigenvalue weighted by Gasteiger charge is 2.43. The number of nitrogens with two attached hydrogens (primary N) is 2. The van der Waals surface area contributed by atoms with Crippen LogP contribution in [-0.4, -0.2) is 55.8 Å². The topological polar surface area (TPSA) is 157 Å². The van der Waals surface area contributed by atoms with Crippen LogP contribution in [0, 0.1) is 0 Å². The van der Waals surface area contributed by atoms with Crippen LogP contribution in [0.25, 0.3) is 0 Å². The highest BCUT2D eigenvalue weighted by Crippen LogP contribution is 2.26. The molecule has 0 radical (unpaired) electrons. The number of anilines is 1. The van der Waals surface area contributed by atoms with Crippen LogP contribution in [-0.2, 0) is 4.74 Å². The van der Waals surface area contributed by atoms with Gasteiger partial charge in [-0.2, -0.15) is 4.98 Å². The molecule has 9 heteroatoms. The minimum absolute atomic E-state index is 0.0301. The fourth-order valence-corrected chi connectivity index (χ4v) is 1.98. The summed E-state index contributed by atoms with van der Waals surface area (Å²) in [6, 6.07) is 0.403. The van der Waals surface area contributed by atoms with E-state index in [1.165, 1.54) is 12.3 Å². The molecule has 5 atom stereocenters. The van der Waals surface area contributed by atoms with Gasteiger partial charge in [0.25, 0.3) is 0 Å². The summed E-state index contributed by atoms with van der Waals surface area (Å²) < 4.78 is 6.32. The van der Waals surface area contributed by atoms with Gasteiger partial charge in [0, 0.05) is 6.20 Å². The Labute approximate surface area is 108 Å². The Hall–Kier alpha value is -1.52. The van der Waals surface area contributed by atoms with Crippen molar-refractivity contribution in [1.29, 1.82) is 0 Å². The summed E-state index contributed by atoms with van der Waals surface area (Å²) in [5.41, 5.74) is 10.2. The summed E-state index contributed by atoms with van der Waals surface area (Å²) in [7, 11) is 0. The zero-order valence-corrected chi connectivity index (χ0v) is 9.96. The van der Waals surface area contributed by atoms with Crippen LogP contribution in [0.2, 0.25) is 0 Å². The maximum Gasteiger partial charge on any atom is 0.351 e. The van der Waals surface area contributed by atoms with Gasteiger partial charge in [-0.15, -0.1) is 0 Å². The lowest BCUT2D eigenvalue weighted by molar-refractivity contribution is -0.215. The number of ether oxygens (including phenoxy) is 1. The molecule has 1 aliphatic rings. The number of nitrogen functional groups attached to an aromatic ring is 1. The number of aliphatic hydroxyl groups is 3. The van der Waals surface area contributed by atoms with Crippen molar-refractivity contribution in [3.63, 3.8) is 0 Å². The van der Waals surface area contributed by atoms with Crippen LogP contribution in [0.1, 0.15) is 6.23 Å². The molecule has 1 fully saturated rings. The lowest BCUT2D eigenvalue weighted by atomic mass is 9.96. The molecule has 2 heterocycles. The summed E-state index contributed by atoms with van der Waals surface area (Å²) in [5.74, 6) is 0.0301. The number of hydrogen-bond donors (Lipinski definition) is 5. The van der Waals surface area contributed by atoms with Crippen molar-refractivity contribution < 1.29 is 20.1 Å². The summed E-state index contributed by atoms with van der Waals surface area (Å²) in [4.78, 5) is 15.2. The third-order valence-electron chi connectivity index (χ3n) is 3.09. The van der Waals surface area contributed by atoms with Crippen LogP contribution < -0.4 is 17.2 Å². The van der Waals surface area contributed by atoms with Crippen LogP contribution in [0.4, 0.5) is 5.82 Å². The average molecular weight is 272 g/mol. The highest BCUT2D eigenvalue weighted by atomic mass is 16.5. The molecule has 1 aliphatic heterocycles. The maximum atomic E-state index is 11.7. The minimum atomic E-state index is -1.42. The third-order valence-corrected chi connectivity index (χ3v) is 3.09. The summed E-state index contributed by atoms with van der Waals surface area (Å²) in [6.45, 7) is -0.446. The molecule has 1 aromatic rings. The molecule has 9 nitrogen and oxygen atoms in total.